The Labute approximate surface area is 96.1 Å². The highest BCUT2D eigenvalue weighted by molar-refractivity contribution is 7.99. The van der Waals surface area contributed by atoms with Crippen LogP contribution in [0.15, 0.2) is 17.6 Å². The Morgan fingerprint density at radius 3 is 2.60 bits per heavy atom. The highest BCUT2D eigenvalue weighted by Crippen LogP contribution is 2.12. The maximum Gasteiger partial charge on any atom is 0.187 e. The number of hydrogen-bond acceptors (Lipinski definition) is 4. The largest absolute Gasteiger partial charge is 0.315 e. The van der Waals surface area contributed by atoms with Gasteiger partial charge in [-0.3, -0.25) is 0 Å². The molecule has 3 nitrogen and oxygen atoms in total. The molecule has 0 aliphatic carbocycles. The summed E-state index contributed by atoms with van der Waals surface area (Å²) in [5.41, 5.74) is 1.11. The number of nitrogens with zero attached hydrogens (tertiary/aromatic N) is 2. The highest BCUT2D eigenvalue weighted by Gasteiger charge is 1.97. The van der Waals surface area contributed by atoms with E-state index < -0.39 is 0 Å². The molecule has 0 atom stereocenters. The quantitative estimate of drug-likeness (QED) is 0.458. The van der Waals surface area contributed by atoms with Crippen LogP contribution in [0.25, 0.3) is 0 Å². The van der Waals surface area contributed by atoms with Gasteiger partial charge in [-0.15, -0.1) is 0 Å². The van der Waals surface area contributed by atoms with Crippen LogP contribution in [-0.4, -0.2) is 28.3 Å². The van der Waals surface area contributed by atoms with Gasteiger partial charge in [-0.2, -0.15) is 0 Å². The summed E-state index contributed by atoms with van der Waals surface area (Å²) in [5.74, 6) is 1.07. The predicted molar refractivity (Wildman–Crippen MR) is 65.2 cm³/mol. The molecule has 15 heavy (non-hydrogen) atoms. The van der Waals surface area contributed by atoms with E-state index in [1.807, 2.05) is 19.3 Å². The van der Waals surface area contributed by atoms with E-state index in [-0.39, 0.29) is 0 Å². The molecule has 0 aliphatic rings. The second-order valence-electron chi connectivity index (χ2n) is 3.85. The van der Waals surface area contributed by atoms with Gasteiger partial charge in [-0.05, 0) is 25.5 Å². The highest BCUT2D eigenvalue weighted by atomic mass is 32.2. The summed E-state index contributed by atoms with van der Waals surface area (Å²) in [6.07, 6.45) is 4.88. The van der Waals surface area contributed by atoms with Crippen molar-refractivity contribution in [3.05, 3.63) is 18.0 Å². The summed E-state index contributed by atoms with van der Waals surface area (Å²) in [6.45, 7) is 7.39. The van der Waals surface area contributed by atoms with E-state index in [2.05, 4.69) is 29.1 Å². The Hall–Kier alpha value is -0.610. The maximum absolute atomic E-state index is 4.24. The van der Waals surface area contributed by atoms with E-state index in [0.717, 1.165) is 29.4 Å². The normalized spacial score (nSPS) is 10.9. The minimum atomic E-state index is 0.575. The smallest absolute Gasteiger partial charge is 0.187 e. The van der Waals surface area contributed by atoms with Crippen molar-refractivity contribution in [2.24, 2.45) is 0 Å². The Balaban J connectivity index is 2.12. The molecular weight excluding hydrogens is 206 g/mol. The van der Waals surface area contributed by atoms with Gasteiger partial charge in [0.2, 0.25) is 0 Å². The van der Waals surface area contributed by atoms with Gasteiger partial charge in [0.05, 0.1) is 0 Å². The van der Waals surface area contributed by atoms with Gasteiger partial charge in [0.1, 0.15) is 0 Å². The van der Waals surface area contributed by atoms with Crippen molar-refractivity contribution in [1.82, 2.24) is 15.3 Å². The molecule has 1 heterocycles. The van der Waals surface area contributed by atoms with E-state index in [4.69, 9.17) is 0 Å². The van der Waals surface area contributed by atoms with Crippen LogP contribution in [0.2, 0.25) is 0 Å². The lowest BCUT2D eigenvalue weighted by Gasteiger charge is -2.06. The molecule has 0 aliphatic heterocycles. The van der Waals surface area contributed by atoms with Gasteiger partial charge >= 0.3 is 0 Å². The second-order valence-corrected chi connectivity index (χ2v) is 4.92. The van der Waals surface area contributed by atoms with Crippen molar-refractivity contribution in [2.45, 2.75) is 38.4 Å². The van der Waals surface area contributed by atoms with Crippen LogP contribution < -0.4 is 5.32 Å². The fourth-order valence-corrected chi connectivity index (χ4v) is 1.81. The van der Waals surface area contributed by atoms with Crippen LogP contribution in [0.1, 0.15) is 25.8 Å². The molecule has 1 aromatic heterocycles. The number of hydrogen-bond donors (Lipinski definition) is 1. The average Bonchev–Trinajstić information content (AvgIpc) is 2.20. The minimum absolute atomic E-state index is 0.575. The van der Waals surface area contributed by atoms with Gasteiger partial charge in [0, 0.05) is 24.2 Å². The molecule has 4 heteroatoms. The zero-order valence-electron chi connectivity index (χ0n) is 9.66. The third kappa shape index (κ3) is 5.74. The van der Waals surface area contributed by atoms with Crippen molar-refractivity contribution in [3.63, 3.8) is 0 Å². The number of thioether (sulfide) groups is 1. The Morgan fingerprint density at radius 1 is 1.33 bits per heavy atom. The lowest BCUT2D eigenvalue weighted by Crippen LogP contribution is -2.23. The zero-order valence-corrected chi connectivity index (χ0v) is 10.5. The van der Waals surface area contributed by atoms with Crippen molar-refractivity contribution >= 4 is 11.8 Å². The molecule has 0 bridgehead atoms. The second kappa shape index (κ2) is 6.80. The van der Waals surface area contributed by atoms with E-state index in [1.54, 1.807) is 11.8 Å². The first-order valence-electron chi connectivity index (χ1n) is 5.33. The van der Waals surface area contributed by atoms with Crippen LogP contribution in [0.3, 0.4) is 0 Å². The van der Waals surface area contributed by atoms with Gasteiger partial charge in [0.15, 0.2) is 5.16 Å². The van der Waals surface area contributed by atoms with Crippen molar-refractivity contribution < 1.29 is 0 Å². The summed E-state index contributed by atoms with van der Waals surface area (Å²) in [5, 5.41) is 4.27. The van der Waals surface area contributed by atoms with Gasteiger partial charge in [-0.25, -0.2) is 9.97 Å². The first-order chi connectivity index (χ1) is 7.18. The zero-order chi connectivity index (χ0) is 11.1. The molecule has 0 saturated carbocycles. The van der Waals surface area contributed by atoms with Crippen LogP contribution in [0.4, 0.5) is 0 Å². The van der Waals surface area contributed by atoms with Crippen LogP contribution in [-0.2, 0) is 0 Å². The minimum Gasteiger partial charge on any atom is -0.315 e. The molecule has 1 rings (SSSR count). The predicted octanol–water partition coefficient (Wildman–Crippen LogP) is 2.27. The summed E-state index contributed by atoms with van der Waals surface area (Å²) in [7, 11) is 0. The standard InChI is InChI=1S/C11H19N3S/c1-9(2)12-5-4-6-15-11-13-7-10(3)8-14-11/h7-9,12H,4-6H2,1-3H3. The first kappa shape index (κ1) is 12.5. The van der Waals surface area contributed by atoms with Crippen molar-refractivity contribution in [1.29, 1.82) is 0 Å². The Morgan fingerprint density at radius 2 is 2.00 bits per heavy atom. The summed E-state index contributed by atoms with van der Waals surface area (Å²) >= 11 is 1.72. The first-order valence-corrected chi connectivity index (χ1v) is 6.32. The molecule has 0 fully saturated rings. The fourth-order valence-electron chi connectivity index (χ4n) is 1.08. The monoisotopic (exact) mass is 225 g/mol. The summed E-state index contributed by atoms with van der Waals surface area (Å²) < 4.78 is 0. The van der Waals surface area contributed by atoms with Crippen molar-refractivity contribution in [2.75, 3.05) is 12.3 Å². The number of nitrogens with one attached hydrogen (secondary N) is 1. The van der Waals surface area contributed by atoms with Crippen LogP contribution >= 0.6 is 11.8 Å². The Kier molecular flexibility index (Phi) is 5.65. The molecule has 1 N–H and O–H groups in total. The van der Waals surface area contributed by atoms with Gasteiger partial charge < -0.3 is 5.32 Å². The molecule has 0 amide bonds. The lowest BCUT2D eigenvalue weighted by atomic mass is 10.4. The molecule has 1 aromatic rings. The van der Waals surface area contributed by atoms with Crippen LogP contribution in [0, 0.1) is 6.92 Å². The summed E-state index contributed by atoms with van der Waals surface area (Å²) in [4.78, 5) is 8.48. The van der Waals surface area contributed by atoms with E-state index in [1.165, 1.54) is 0 Å². The Bertz CT molecular complexity index is 272. The third-order valence-electron chi connectivity index (χ3n) is 1.86. The third-order valence-corrected chi connectivity index (χ3v) is 2.82. The summed E-state index contributed by atoms with van der Waals surface area (Å²) in [6, 6.07) is 0.575. The topological polar surface area (TPSA) is 37.8 Å². The van der Waals surface area contributed by atoms with Gasteiger partial charge in [0.25, 0.3) is 0 Å². The molecule has 0 saturated heterocycles. The van der Waals surface area contributed by atoms with E-state index >= 15 is 0 Å². The SMILES string of the molecule is Cc1cnc(SCCCNC(C)C)nc1. The fraction of sp³-hybridized carbons (Fsp3) is 0.636. The van der Waals surface area contributed by atoms with E-state index in [9.17, 15) is 0 Å². The molecule has 0 radical (unpaired) electrons. The lowest BCUT2D eigenvalue weighted by molar-refractivity contribution is 0.585. The molecule has 84 valence electrons. The molecule has 0 unspecified atom stereocenters. The van der Waals surface area contributed by atoms with Gasteiger partial charge in [-0.1, -0.05) is 25.6 Å². The van der Waals surface area contributed by atoms with Crippen LogP contribution in [0.5, 0.6) is 0 Å². The van der Waals surface area contributed by atoms with E-state index in [0.29, 0.717) is 6.04 Å². The number of aryl methyl sites for hydroxylation is 1. The molecular formula is C11H19N3S. The average molecular weight is 225 g/mol. The number of rotatable bonds is 6. The molecule has 0 spiro atoms. The van der Waals surface area contributed by atoms with Crippen molar-refractivity contribution in [3.8, 4) is 0 Å². The maximum atomic E-state index is 4.24. The number of aromatic nitrogens is 2. The molecule has 0 aromatic carbocycles.